The second-order valence-electron chi connectivity index (χ2n) is 10.1. The standard InChI is InChI=1S/C28H33N5O4S/c1-17-9-2-7-14-20(17)33(24(21-15-8-16-37-21)27(35)31-19-12-5-6-13-19)28(36)25-22(29)23(32-38-25)26(34)30-18-10-3-4-11-18/h2,7-9,14-16,18-19,24H,3-6,10-13,29H2,1H3,(H,30,34)(H,31,35)/t24-/m0/s1. The van der Waals surface area contributed by atoms with Crippen LogP contribution < -0.4 is 21.3 Å². The Kier molecular flexibility index (Phi) is 7.78. The van der Waals surface area contributed by atoms with Crippen molar-refractivity contribution in [3.05, 3.63) is 64.6 Å². The van der Waals surface area contributed by atoms with Gasteiger partial charge >= 0.3 is 0 Å². The summed E-state index contributed by atoms with van der Waals surface area (Å²) < 4.78 is 9.96. The van der Waals surface area contributed by atoms with Gasteiger partial charge in [-0.2, -0.15) is 4.37 Å². The summed E-state index contributed by atoms with van der Waals surface area (Å²) in [6, 6.07) is 9.80. The number of carbonyl (C=O) groups excluding carboxylic acids is 3. The van der Waals surface area contributed by atoms with Gasteiger partial charge < -0.3 is 20.8 Å². The van der Waals surface area contributed by atoms with E-state index in [0.29, 0.717) is 11.4 Å². The summed E-state index contributed by atoms with van der Waals surface area (Å²) in [5, 5.41) is 6.10. The molecule has 0 unspecified atom stereocenters. The largest absolute Gasteiger partial charge is 0.467 e. The van der Waals surface area contributed by atoms with Gasteiger partial charge in [-0.05, 0) is 67.9 Å². The number of carbonyl (C=O) groups is 3. The third-order valence-electron chi connectivity index (χ3n) is 7.44. The first-order valence-corrected chi connectivity index (χ1v) is 14.0. The molecule has 1 aromatic carbocycles. The minimum absolute atomic E-state index is 0.0171. The Balaban J connectivity index is 1.52. The lowest BCUT2D eigenvalue weighted by molar-refractivity contribution is -0.123. The first kappa shape index (κ1) is 26.0. The zero-order valence-electron chi connectivity index (χ0n) is 21.4. The normalized spacial score (nSPS) is 16.9. The third kappa shape index (κ3) is 5.31. The molecule has 9 nitrogen and oxygen atoms in total. The SMILES string of the molecule is Cc1ccccc1N(C(=O)c1snc(C(=O)NC2CCCC2)c1N)[C@H](C(=O)NC1CCCC1)c1ccco1. The smallest absolute Gasteiger partial charge is 0.273 e. The average molecular weight is 536 g/mol. The highest BCUT2D eigenvalue weighted by Gasteiger charge is 2.39. The Bertz CT molecular complexity index is 1290. The molecule has 200 valence electrons. The van der Waals surface area contributed by atoms with E-state index in [9.17, 15) is 14.4 Å². The summed E-state index contributed by atoms with van der Waals surface area (Å²) in [6.07, 6.45) is 9.38. The van der Waals surface area contributed by atoms with Gasteiger partial charge in [0.25, 0.3) is 17.7 Å². The zero-order valence-corrected chi connectivity index (χ0v) is 22.3. The molecule has 1 atom stereocenters. The van der Waals surface area contributed by atoms with Crippen LogP contribution in [0.4, 0.5) is 11.4 Å². The fourth-order valence-corrected chi connectivity index (χ4v) is 6.15. The van der Waals surface area contributed by atoms with Crippen molar-refractivity contribution >= 4 is 40.6 Å². The molecule has 5 rings (SSSR count). The van der Waals surface area contributed by atoms with Gasteiger partial charge in [-0.25, -0.2) is 0 Å². The van der Waals surface area contributed by atoms with Crippen molar-refractivity contribution in [3.8, 4) is 0 Å². The van der Waals surface area contributed by atoms with Crippen LogP contribution in [0.5, 0.6) is 0 Å². The number of anilines is 2. The lowest BCUT2D eigenvalue weighted by atomic mass is 10.1. The summed E-state index contributed by atoms with van der Waals surface area (Å²) in [7, 11) is 0. The van der Waals surface area contributed by atoms with Crippen LogP contribution in [0.25, 0.3) is 0 Å². The topological polar surface area (TPSA) is 131 Å². The predicted molar refractivity (Wildman–Crippen MR) is 146 cm³/mol. The van der Waals surface area contributed by atoms with E-state index in [1.54, 1.807) is 18.2 Å². The van der Waals surface area contributed by atoms with Crippen molar-refractivity contribution in [2.24, 2.45) is 0 Å². The van der Waals surface area contributed by atoms with Gasteiger partial charge in [0, 0.05) is 17.8 Å². The Morgan fingerprint density at radius 2 is 1.66 bits per heavy atom. The fraction of sp³-hybridized carbons (Fsp3) is 0.429. The minimum Gasteiger partial charge on any atom is -0.467 e. The molecule has 38 heavy (non-hydrogen) atoms. The molecular weight excluding hydrogens is 502 g/mol. The van der Waals surface area contributed by atoms with Crippen molar-refractivity contribution in [2.75, 3.05) is 10.6 Å². The molecule has 0 bridgehead atoms. The van der Waals surface area contributed by atoms with Crippen LogP contribution in [-0.2, 0) is 4.79 Å². The number of rotatable bonds is 8. The van der Waals surface area contributed by atoms with E-state index in [4.69, 9.17) is 10.2 Å². The molecule has 10 heteroatoms. The summed E-state index contributed by atoms with van der Waals surface area (Å²) in [4.78, 5) is 42.5. The van der Waals surface area contributed by atoms with Crippen LogP contribution in [0.15, 0.2) is 47.1 Å². The quantitative estimate of drug-likeness (QED) is 0.382. The van der Waals surface area contributed by atoms with E-state index in [1.807, 2.05) is 25.1 Å². The number of hydrogen-bond acceptors (Lipinski definition) is 7. The van der Waals surface area contributed by atoms with E-state index in [0.717, 1.165) is 68.5 Å². The molecule has 0 spiro atoms. The maximum absolute atomic E-state index is 14.2. The van der Waals surface area contributed by atoms with Crippen molar-refractivity contribution < 1.29 is 18.8 Å². The van der Waals surface area contributed by atoms with Gasteiger partial charge in [0.1, 0.15) is 10.6 Å². The van der Waals surface area contributed by atoms with Crippen LogP contribution in [0.1, 0.15) is 88.9 Å². The van der Waals surface area contributed by atoms with Gasteiger partial charge in [-0.3, -0.25) is 19.3 Å². The lowest BCUT2D eigenvalue weighted by Crippen LogP contribution is -2.46. The zero-order chi connectivity index (χ0) is 26.6. The number of amides is 3. The Morgan fingerprint density at radius 3 is 2.29 bits per heavy atom. The molecule has 3 aromatic rings. The molecule has 0 aliphatic heterocycles. The second kappa shape index (κ2) is 11.4. The first-order valence-electron chi connectivity index (χ1n) is 13.2. The van der Waals surface area contributed by atoms with E-state index < -0.39 is 11.9 Å². The molecule has 2 aliphatic carbocycles. The number of nitrogen functional groups attached to an aromatic ring is 1. The van der Waals surface area contributed by atoms with Crippen molar-refractivity contribution in [1.82, 2.24) is 15.0 Å². The Hall–Kier alpha value is -3.66. The van der Waals surface area contributed by atoms with Crippen LogP contribution in [0.2, 0.25) is 0 Å². The molecular formula is C28H33N5O4S. The van der Waals surface area contributed by atoms with Gasteiger partial charge in [0.2, 0.25) is 0 Å². The fourth-order valence-electron chi connectivity index (χ4n) is 5.42. The first-order chi connectivity index (χ1) is 18.4. The molecule has 0 radical (unpaired) electrons. The number of nitrogens with zero attached hydrogens (tertiary/aromatic N) is 2. The highest BCUT2D eigenvalue weighted by Crippen LogP contribution is 2.35. The average Bonchev–Trinajstić information content (AvgIpc) is 3.71. The van der Waals surface area contributed by atoms with Gasteiger partial charge in [-0.15, -0.1) is 0 Å². The maximum Gasteiger partial charge on any atom is 0.273 e. The minimum atomic E-state index is -1.07. The van der Waals surface area contributed by atoms with E-state index in [1.165, 1.54) is 11.2 Å². The van der Waals surface area contributed by atoms with Crippen LogP contribution in [0.3, 0.4) is 0 Å². The number of para-hydroxylation sites is 1. The van der Waals surface area contributed by atoms with Gasteiger partial charge in [-0.1, -0.05) is 43.9 Å². The summed E-state index contributed by atoms with van der Waals surface area (Å²) in [6.45, 7) is 1.88. The number of aromatic nitrogens is 1. The maximum atomic E-state index is 14.2. The van der Waals surface area contributed by atoms with Gasteiger partial charge in [0.05, 0.1) is 12.0 Å². The molecule has 2 fully saturated rings. The summed E-state index contributed by atoms with van der Waals surface area (Å²) in [5.74, 6) is -0.893. The number of aryl methyl sites for hydroxylation is 1. The molecule has 3 amide bonds. The van der Waals surface area contributed by atoms with Crippen molar-refractivity contribution in [3.63, 3.8) is 0 Å². The summed E-state index contributed by atoms with van der Waals surface area (Å²) in [5.41, 5.74) is 7.78. The number of nitrogens with one attached hydrogen (secondary N) is 2. The number of nitrogens with two attached hydrogens (primary N) is 1. The van der Waals surface area contributed by atoms with Crippen molar-refractivity contribution in [1.29, 1.82) is 0 Å². The molecule has 4 N–H and O–H groups in total. The van der Waals surface area contributed by atoms with Crippen LogP contribution in [0, 0.1) is 6.92 Å². The molecule has 0 saturated heterocycles. The summed E-state index contributed by atoms with van der Waals surface area (Å²) >= 11 is 0.869. The van der Waals surface area contributed by atoms with E-state index in [2.05, 4.69) is 15.0 Å². The third-order valence-corrected chi connectivity index (χ3v) is 8.29. The van der Waals surface area contributed by atoms with Crippen molar-refractivity contribution in [2.45, 2.75) is 76.4 Å². The Labute approximate surface area is 225 Å². The predicted octanol–water partition coefficient (Wildman–Crippen LogP) is 4.75. The van der Waals surface area contributed by atoms with Gasteiger partial charge in [0.15, 0.2) is 11.7 Å². The highest BCUT2D eigenvalue weighted by molar-refractivity contribution is 7.09. The lowest BCUT2D eigenvalue weighted by Gasteiger charge is -2.31. The number of furan rings is 1. The molecule has 2 aromatic heterocycles. The monoisotopic (exact) mass is 535 g/mol. The highest BCUT2D eigenvalue weighted by atomic mass is 32.1. The van der Waals surface area contributed by atoms with Crippen LogP contribution >= 0.6 is 11.5 Å². The molecule has 2 saturated carbocycles. The van der Waals surface area contributed by atoms with E-state index >= 15 is 0 Å². The molecule has 2 aliphatic rings. The van der Waals surface area contributed by atoms with E-state index in [-0.39, 0.29) is 40.2 Å². The molecule has 2 heterocycles. The number of benzene rings is 1. The number of hydrogen-bond donors (Lipinski definition) is 3. The van der Waals surface area contributed by atoms with Crippen LogP contribution in [-0.4, -0.2) is 34.2 Å². The second-order valence-corrected chi connectivity index (χ2v) is 10.9. The Morgan fingerprint density at radius 1 is 1.00 bits per heavy atom.